The first-order valence-electron chi connectivity index (χ1n) is 10.2. The Morgan fingerprint density at radius 2 is 1.06 bits per heavy atom. The average Bonchev–Trinajstić information content (AvgIpc) is 3.22. The van der Waals surface area contributed by atoms with Gasteiger partial charge in [0.1, 0.15) is 11.4 Å². The van der Waals surface area contributed by atoms with Crippen molar-refractivity contribution in [1.82, 2.24) is 20.4 Å². The molecule has 0 aliphatic rings. The molecule has 0 atom stereocenters. The van der Waals surface area contributed by atoms with Gasteiger partial charge in [-0.05, 0) is 29.0 Å². The standard InChI is InChI=1S/C27H18N4/c1-3-9-18(10-4-1)26-25(27(30-31-29-26)19-11-5-2-6-12-19)20-15-16-24-22(17-20)21-13-7-8-14-23(21)28-24/h1-17,28H. The van der Waals surface area contributed by atoms with Crippen molar-refractivity contribution in [2.24, 2.45) is 0 Å². The second kappa shape index (κ2) is 7.18. The normalized spacial score (nSPS) is 11.2. The predicted molar refractivity (Wildman–Crippen MR) is 125 cm³/mol. The van der Waals surface area contributed by atoms with E-state index in [-0.39, 0.29) is 0 Å². The fourth-order valence-electron chi connectivity index (χ4n) is 4.20. The number of nitrogens with zero attached hydrogens (tertiary/aromatic N) is 3. The maximum atomic E-state index is 4.47. The summed E-state index contributed by atoms with van der Waals surface area (Å²) in [6.07, 6.45) is 0. The molecule has 0 aliphatic heterocycles. The highest BCUT2D eigenvalue weighted by atomic mass is 15.3. The number of hydrogen-bond donors (Lipinski definition) is 1. The third kappa shape index (κ3) is 2.97. The molecule has 0 spiro atoms. The smallest absolute Gasteiger partial charge is 0.105 e. The summed E-state index contributed by atoms with van der Waals surface area (Å²) in [4.78, 5) is 3.51. The maximum Gasteiger partial charge on any atom is 0.105 e. The van der Waals surface area contributed by atoms with Crippen LogP contribution in [0, 0.1) is 0 Å². The molecule has 4 aromatic carbocycles. The van der Waals surface area contributed by atoms with Gasteiger partial charge in [0.15, 0.2) is 0 Å². The van der Waals surface area contributed by atoms with E-state index >= 15 is 0 Å². The number of aromatic amines is 1. The summed E-state index contributed by atoms with van der Waals surface area (Å²) >= 11 is 0. The zero-order valence-electron chi connectivity index (χ0n) is 16.7. The van der Waals surface area contributed by atoms with Crippen molar-refractivity contribution in [2.45, 2.75) is 0 Å². The molecule has 4 nitrogen and oxygen atoms in total. The second-order valence-electron chi connectivity index (χ2n) is 7.52. The Balaban J connectivity index is 1.67. The molecule has 2 aromatic heterocycles. The number of para-hydroxylation sites is 1. The lowest BCUT2D eigenvalue weighted by Gasteiger charge is -2.13. The van der Waals surface area contributed by atoms with Gasteiger partial charge in [-0.1, -0.05) is 84.9 Å². The van der Waals surface area contributed by atoms with Gasteiger partial charge in [0, 0.05) is 38.5 Å². The van der Waals surface area contributed by atoms with E-state index in [2.05, 4.69) is 87.1 Å². The van der Waals surface area contributed by atoms with Crippen LogP contribution >= 0.6 is 0 Å². The molecule has 146 valence electrons. The number of rotatable bonds is 3. The zero-order valence-corrected chi connectivity index (χ0v) is 16.7. The van der Waals surface area contributed by atoms with Gasteiger partial charge in [0.2, 0.25) is 0 Å². The zero-order chi connectivity index (χ0) is 20.6. The number of fused-ring (bicyclic) bond motifs is 3. The molecule has 0 aliphatic carbocycles. The highest BCUT2D eigenvalue weighted by Gasteiger charge is 2.18. The number of aromatic nitrogens is 4. The third-order valence-corrected chi connectivity index (χ3v) is 5.65. The van der Waals surface area contributed by atoms with Crippen LogP contribution in [0.2, 0.25) is 0 Å². The number of H-pyrrole nitrogens is 1. The van der Waals surface area contributed by atoms with Crippen LogP contribution in [0.3, 0.4) is 0 Å². The molecule has 0 saturated carbocycles. The summed E-state index contributed by atoms with van der Waals surface area (Å²) < 4.78 is 0. The molecule has 0 bridgehead atoms. The molecule has 0 saturated heterocycles. The van der Waals surface area contributed by atoms with Crippen LogP contribution in [0.25, 0.3) is 55.4 Å². The van der Waals surface area contributed by atoms with E-state index in [4.69, 9.17) is 0 Å². The number of hydrogen-bond acceptors (Lipinski definition) is 3. The van der Waals surface area contributed by atoms with Crippen LogP contribution in [-0.4, -0.2) is 20.4 Å². The van der Waals surface area contributed by atoms with E-state index in [1.807, 2.05) is 36.4 Å². The van der Waals surface area contributed by atoms with E-state index in [1.54, 1.807) is 0 Å². The fourth-order valence-corrected chi connectivity index (χ4v) is 4.20. The summed E-state index contributed by atoms with van der Waals surface area (Å²) in [7, 11) is 0. The van der Waals surface area contributed by atoms with E-state index in [9.17, 15) is 0 Å². The van der Waals surface area contributed by atoms with E-state index in [0.29, 0.717) is 0 Å². The molecule has 1 N–H and O–H groups in total. The molecule has 4 heteroatoms. The minimum Gasteiger partial charge on any atom is -0.355 e. The summed E-state index contributed by atoms with van der Waals surface area (Å²) in [5, 5.41) is 15.5. The largest absolute Gasteiger partial charge is 0.355 e. The third-order valence-electron chi connectivity index (χ3n) is 5.65. The lowest BCUT2D eigenvalue weighted by Crippen LogP contribution is -2.00. The molecular formula is C27H18N4. The summed E-state index contributed by atoms with van der Waals surface area (Å²) in [6, 6.07) is 35.2. The Morgan fingerprint density at radius 3 is 1.74 bits per heavy atom. The molecule has 2 heterocycles. The van der Waals surface area contributed by atoms with E-state index in [1.165, 1.54) is 10.8 Å². The molecule has 31 heavy (non-hydrogen) atoms. The Labute approximate surface area is 179 Å². The van der Waals surface area contributed by atoms with Gasteiger partial charge >= 0.3 is 0 Å². The van der Waals surface area contributed by atoms with E-state index in [0.717, 1.165) is 44.7 Å². The van der Waals surface area contributed by atoms with Crippen molar-refractivity contribution < 1.29 is 0 Å². The van der Waals surface area contributed by atoms with Crippen LogP contribution in [0.15, 0.2) is 103 Å². The number of benzene rings is 4. The van der Waals surface area contributed by atoms with Gasteiger partial charge in [-0.3, -0.25) is 0 Å². The molecule has 0 unspecified atom stereocenters. The van der Waals surface area contributed by atoms with Gasteiger partial charge in [-0.2, -0.15) is 0 Å². The maximum absolute atomic E-state index is 4.47. The lowest BCUT2D eigenvalue weighted by molar-refractivity contribution is 0.879. The Bertz CT molecular complexity index is 1460. The van der Waals surface area contributed by atoms with Gasteiger partial charge in [0.05, 0.1) is 0 Å². The summed E-state index contributed by atoms with van der Waals surface area (Å²) in [5.41, 5.74) is 7.99. The fraction of sp³-hybridized carbons (Fsp3) is 0. The molecule has 0 fully saturated rings. The Hall–Kier alpha value is -4.31. The minimum atomic E-state index is 0.827. The highest BCUT2D eigenvalue weighted by molar-refractivity contribution is 6.09. The van der Waals surface area contributed by atoms with Crippen LogP contribution < -0.4 is 0 Å². The van der Waals surface area contributed by atoms with Crippen molar-refractivity contribution in [3.63, 3.8) is 0 Å². The predicted octanol–water partition coefficient (Wildman–Crippen LogP) is 6.51. The van der Waals surface area contributed by atoms with Gasteiger partial charge in [0.25, 0.3) is 0 Å². The highest BCUT2D eigenvalue weighted by Crippen LogP contribution is 2.39. The van der Waals surface area contributed by atoms with Crippen molar-refractivity contribution >= 4 is 21.8 Å². The monoisotopic (exact) mass is 398 g/mol. The molecule has 0 amide bonds. The summed E-state index contributed by atoms with van der Waals surface area (Å²) in [6.45, 7) is 0. The Kier molecular flexibility index (Phi) is 4.06. The first kappa shape index (κ1) is 17.5. The van der Waals surface area contributed by atoms with Crippen LogP contribution in [0.4, 0.5) is 0 Å². The summed E-state index contributed by atoms with van der Waals surface area (Å²) in [5.74, 6) is 0. The first-order chi connectivity index (χ1) is 15.4. The molecule has 6 rings (SSSR count). The van der Waals surface area contributed by atoms with Gasteiger partial charge in [-0.15, -0.1) is 10.2 Å². The first-order valence-corrected chi connectivity index (χ1v) is 10.2. The van der Waals surface area contributed by atoms with Crippen molar-refractivity contribution in [1.29, 1.82) is 0 Å². The molecule has 6 aromatic rings. The molecular weight excluding hydrogens is 380 g/mol. The quantitative estimate of drug-likeness (QED) is 0.370. The van der Waals surface area contributed by atoms with Crippen molar-refractivity contribution in [2.75, 3.05) is 0 Å². The second-order valence-corrected chi connectivity index (χ2v) is 7.52. The van der Waals surface area contributed by atoms with Crippen molar-refractivity contribution in [3.8, 4) is 33.6 Å². The van der Waals surface area contributed by atoms with Crippen molar-refractivity contribution in [3.05, 3.63) is 103 Å². The van der Waals surface area contributed by atoms with Crippen LogP contribution in [0.5, 0.6) is 0 Å². The van der Waals surface area contributed by atoms with Crippen LogP contribution in [0.1, 0.15) is 0 Å². The van der Waals surface area contributed by atoms with Gasteiger partial charge < -0.3 is 4.98 Å². The Morgan fingerprint density at radius 1 is 0.484 bits per heavy atom. The van der Waals surface area contributed by atoms with E-state index < -0.39 is 0 Å². The topological polar surface area (TPSA) is 54.5 Å². The van der Waals surface area contributed by atoms with Crippen LogP contribution in [-0.2, 0) is 0 Å². The SMILES string of the molecule is c1ccc(-c2nnnc(-c3ccccc3)c2-c2ccc3[nH]c4ccccc4c3c2)cc1. The minimum absolute atomic E-state index is 0.827. The van der Waals surface area contributed by atoms with Gasteiger partial charge in [-0.25, -0.2) is 0 Å². The lowest BCUT2D eigenvalue weighted by atomic mass is 9.94. The average molecular weight is 398 g/mol. The molecule has 0 radical (unpaired) electrons. The number of nitrogens with one attached hydrogen (secondary N) is 1.